The second-order valence-corrected chi connectivity index (χ2v) is 6.54. The fraction of sp³-hybridized carbons (Fsp3) is 0.238. The highest BCUT2D eigenvalue weighted by molar-refractivity contribution is 5.89. The molecule has 2 aromatic carbocycles. The van der Waals surface area contributed by atoms with E-state index in [2.05, 4.69) is 10.4 Å². The minimum Gasteiger partial charge on any atom is -0.318 e. The van der Waals surface area contributed by atoms with Crippen LogP contribution in [0, 0.1) is 0 Å². The van der Waals surface area contributed by atoms with Crippen LogP contribution in [0.2, 0.25) is 0 Å². The third-order valence-corrected chi connectivity index (χ3v) is 4.26. The number of hydrogen-bond acceptors (Lipinski definition) is 2. The van der Waals surface area contributed by atoms with Crippen LogP contribution < -0.4 is 5.32 Å². The summed E-state index contributed by atoms with van der Waals surface area (Å²) in [6, 6.07) is 21.8. The molecule has 1 heterocycles. The van der Waals surface area contributed by atoms with Crippen molar-refractivity contribution in [2.75, 3.05) is 5.32 Å². The maximum Gasteiger partial charge on any atom is 0.323 e. The third-order valence-electron chi connectivity index (χ3n) is 4.26. The lowest BCUT2D eigenvalue weighted by molar-refractivity contribution is 0.193. The Balaban J connectivity index is 1.76. The first kappa shape index (κ1) is 17.7. The molecule has 0 aliphatic heterocycles. The normalized spacial score (nSPS) is 10.8. The number of rotatable bonds is 5. The van der Waals surface area contributed by atoms with Gasteiger partial charge in [0.2, 0.25) is 0 Å². The molecule has 0 spiro atoms. The molecule has 134 valence electrons. The molecule has 0 saturated heterocycles. The van der Waals surface area contributed by atoms with Gasteiger partial charge < -0.3 is 4.90 Å². The molecule has 26 heavy (non-hydrogen) atoms. The van der Waals surface area contributed by atoms with Crippen LogP contribution in [0.5, 0.6) is 0 Å². The van der Waals surface area contributed by atoms with E-state index in [0.29, 0.717) is 12.4 Å². The lowest BCUT2D eigenvalue weighted by atomic mass is 10.1. The molecule has 2 amide bonds. The average Bonchev–Trinajstić information content (AvgIpc) is 3.01. The van der Waals surface area contributed by atoms with Gasteiger partial charge in [-0.3, -0.25) is 10.00 Å². The smallest absolute Gasteiger partial charge is 0.318 e. The summed E-state index contributed by atoms with van der Waals surface area (Å²) in [5, 5.41) is 7.36. The van der Waals surface area contributed by atoms with Crippen molar-refractivity contribution in [1.82, 2.24) is 14.7 Å². The van der Waals surface area contributed by atoms with E-state index in [1.807, 2.05) is 87.6 Å². The fourth-order valence-electron chi connectivity index (χ4n) is 2.86. The summed E-state index contributed by atoms with van der Waals surface area (Å²) in [6.45, 7) is 4.58. The summed E-state index contributed by atoms with van der Waals surface area (Å²) >= 11 is 0. The highest BCUT2D eigenvalue weighted by Gasteiger charge is 2.19. The van der Waals surface area contributed by atoms with Gasteiger partial charge in [0.1, 0.15) is 0 Å². The minimum absolute atomic E-state index is 0.0764. The quantitative estimate of drug-likeness (QED) is 0.736. The van der Waals surface area contributed by atoms with Gasteiger partial charge in [-0.2, -0.15) is 5.10 Å². The molecule has 0 atom stereocenters. The SMILES string of the molecule is CC(C)N(Cc1ccccc1)C(=O)Nc1cc(-c2ccccc2)n(C)n1. The predicted molar refractivity (Wildman–Crippen MR) is 105 cm³/mol. The van der Waals surface area contributed by atoms with Crippen LogP contribution in [-0.4, -0.2) is 26.8 Å². The minimum atomic E-state index is -0.151. The van der Waals surface area contributed by atoms with Gasteiger partial charge in [-0.1, -0.05) is 60.7 Å². The van der Waals surface area contributed by atoms with Gasteiger partial charge in [-0.25, -0.2) is 4.79 Å². The standard InChI is InChI=1S/C21H24N4O/c1-16(2)25(15-17-10-6-4-7-11-17)21(26)22-20-14-19(24(3)23-20)18-12-8-5-9-13-18/h4-14,16H,15H2,1-3H3,(H,22,23,26). The molecule has 5 nitrogen and oxygen atoms in total. The molecule has 5 heteroatoms. The number of hydrogen-bond donors (Lipinski definition) is 1. The summed E-state index contributed by atoms with van der Waals surface area (Å²) < 4.78 is 1.78. The molecule has 3 aromatic rings. The molecule has 0 saturated carbocycles. The monoisotopic (exact) mass is 348 g/mol. The van der Waals surface area contributed by atoms with E-state index in [0.717, 1.165) is 16.8 Å². The number of nitrogens with one attached hydrogen (secondary N) is 1. The van der Waals surface area contributed by atoms with Crippen LogP contribution in [0.3, 0.4) is 0 Å². The molecule has 0 fully saturated rings. The van der Waals surface area contributed by atoms with Gasteiger partial charge >= 0.3 is 6.03 Å². The maximum absolute atomic E-state index is 12.8. The zero-order chi connectivity index (χ0) is 18.5. The molecule has 0 aliphatic rings. The molecule has 0 radical (unpaired) electrons. The Bertz CT molecular complexity index is 856. The van der Waals surface area contributed by atoms with Crippen LogP contribution in [-0.2, 0) is 13.6 Å². The highest BCUT2D eigenvalue weighted by Crippen LogP contribution is 2.22. The average molecular weight is 348 g/mol. The highest BCUT2D eigenvalue weighted by atomic mass is 16.2. The Labute approximate surface area is 154 Å². The number of aryl methyl sites for hydroxylation is 1. The zero-order valence-corrected chi connectivity index (χ0v) is 15.4. The number of nitrogens with zero attached hydrogens (tertiary/aromatic N) is 3. The Morgan fingerprint density at radius 3 is 2.31 bits per heavy atom. The Morgan fingerprint density at radius 2 is 1.69 bits per heavy atom. The number of benzene rings is 2. The van der Waals surface area contributed by atoms with E-state index in [9.17, 15) is 4.79 Å². The van der Waals surface area contributed by atoms with E-state index < -0.39 is 0 Å². The fourth-order valence-corrected chi connectivity index (χ4v) is 2.86. The van der Waals surface area contributed by atoms with Gasteiger partial charge in [0.05, 0.1) is 5.69 Å². The molecule has 0 bridgehead atoms. The summed E-state index contributed by atoms with van der Waals surface area (Å²) in [5.74, 6) is 0.551. The second kappa shape index (κ2) is 7.87. The lowest BCUT2D eigenvalue weighted by Crippen LogP contribution is -2.39. The van der Waals surface area contributed by atoms with Gasteiger partial charge in [0.25, 0.3) is 0 Å². The van der Waals surface area contributed by atoms with E-state index in [1.54, 1.807) is 9.58 Å². The summed E-state index contributed by atoms with van der Waals surface area (Å²) in [7, 11) is 1.88. The van der Waals surface area contributed by atoms with Crippen molar-refractivity contribution in [1.29, 1.82) is 0 Å². The number of carbonyl (C=O) groups is 1. The molecular formula is C21H24N4O. The molecule has 0 unspecified atom stereocenters. The molecule has 3 rings (SSSR count). The van der Waals surface area contributed by atoms with Crippen molar-refractivity contribution in [2.45, 2.75) is 26.4 Å². The lowest BCUT2D eigenvalue weighted by Gasteiger charge is -2.26. The van der Waals surface area contributed by atoms with Crippen molar-refractivity contribution in [3.05, 3.63) is 72.3 Å². The summed E-state index contributed by atoms with van der Waals surface area (Å²) in [5.41, 5.74) is 3.12. The number of amides is 2. The van der Waals surface area contributed by atoms with E-state index in [1.165, 1.54) is 0 Å². The first-order valence-electron chi connectivity index (χ1n) is 8.75. The number of carbonyl (C=O) groups excluding carboxylic acids is 1. The summed E-state index contributed by atoms with van der Waals surface area (Å²) in [4.78, 5) is 14.6. The Morgan fingerprint density at radius 1 is 1.08 bits per heavy atom. The van der Waals surface area contributed by atoms with E-state index in [4.69, 9.17) is 0 Å². The van der Waals surface area contributed by atoms with Crippen molar-refractivity contribution < 1.29 is 4.79 Å². The number of anilines is 1. The molecule has 1 aromatic heterocycles. The first-order chi connectivity index (χ1) is 12.5. The van der Waals surface area contributed by atoms with Crippen molar-refractivity contribution in [3.8, 4) is 11.3 Å². The first-order valence-corrected chi connectivity index (χ1v) is 8.75. The topological polar surface area (TPSA) is 50.2 Å². The van der Waals surface area contributed by atoms with Crippen LogP contribution in [0.15, 0.2) is 66.7 Å². The van der Waals surface area contributed by atoms with Gasteiger partial charge in [-0.15, -0.1) is 0 Å². The predicted octanol–water partition coefficient (Wildman–Crippen LogP) is 4.53. The van der Waals surface area contributed by atoms with Gasteiger partial charge in [0, 0.05) is 25.7 Å². The van der Waals surface area contributed by atoms with E-state index in [-0.39, 0.29) is 12.1 Å². The third kappa shape index (κ3) is 4.11. The van der Waals surface area contributed by atoms with Crippen LogP contribution in [0.4, 0.5) is 10.6 Å². The van der Waals surface area contributed by atoms with Crippen molar-refractivity contribution in [2.24, 2.45) is 7.05 Å². The van der Waals surface area contributed by atoms with Crippen LogP contribution in [0.1, 0.15) is 19.4 Å². The van der Waals surface area contributed by atoms with Gasteiger partial charge in [-0.05, 0) is 25.0 Å². The number of aromatic nitrogens is 2. The van der Waals surface area contributed by atoms with Crippen molar-refractivity contribution in [3.63, 3.8) is 0 Å². The largest absolute Gasteiger partial charge is 0.323 e. The molecule has 0 aliphatic carbocycles. The molecular weight excluding hydrogens is 324 g/mol. The second-order valence-electron chi connectivity index (χ2n) is 6.54. The zero-order valence-electron chi connectivity index (χ0n) is 15.4. The Kier molecular flexibility index (Phi) is 5.37. The van der Waals surface area contributed by atoms with E-state index >= 15 is 0 Å². The maximum atomic E-state index is 12.8. The van der Waals surface area contributed by atoms with Crippen LogP contribution >= 0.6 is 0 Å². The summed E-state index contributed by atoms with van der Waals surface area (Å²) in [6.07, 6.45) is 0. The molecule has 1 N–H and O–H groups in total. The van der Waals surface area contributed by atoms with Gasteiger partial charge in [0.15, 0.2) is 5.82 Å². The van der Waals surface area contributed by atoms with Crippen molar-refractivity contribution >= 4 is 11.8 Å². The Hall–Kier alpha value is -3.08. The van der Waals surface area contributed by atoms with Crippen LogP contribution in [0.25, 0.3) is 11.3 Å². The number of urea groups is 1.